The smallest absolute Gasteiger partial charge is 0.211 e. The van der Waals surface area contributed by atoms with Crippen molar-refractivity contribution < 1.29 is 4.79 Å². The number of rotatable bonds is 4. The first-order valence-corrected chi connectivity index (χ1v) is 3.86. The highest BCUT2D eigenvalue weighted by atomic mass is 16.1. The van der Waals surface area contributed by atoms with Gasteiger partial charge in [-0.1, -0.05) is 0 Å². The fourth-order valence-electron chi connectivity index (χ4n) is 0.939. The molecule has 0 bridgehead atoms. The molecule has 0 atom stereocenters. The maximum atomic E-state index is 10.1. The van der Waals surface area contributed by atoms with Crippen molar-refractivity contribution in [3.63, 3.8) is 0 Å². The normalized spacial score (nSPS) is 10.7. The van der Waals surface area contributed by atoms with Crippen LogP contribution in [0.5, 0.6) is 0 Å². The van der Waals surface area contributed by atoms with Crippen LogP contribution in [0.15, 0.2) is 30.7 Å². The summed E-state index contributed by atoms with van der Waals surface area (Å²) >= 11 is 0. The molecular formula is C9H11N3O. The van der Waals surface area contributed by atoms with Crippen molar-refractivity contribution in [2.75, 3.05) is 7.05 Å². The van der Waals surface area contributed by atoms with Gasteiger partial charge in [-0.25, -0.2) is 0 Å². The predicted molar refractivity (Wildman–Crippen MR) is 50.5 cm³/mol. The van der Waals surface area contributed by atoms with Gasteiger partial charge in [0.05, 0.1) is 5.70 Å². The molecule has 1 heterocycles. The van der Waals surface area contributed by atoms with E-state index in [-0.39, 0.29) is 0 Å². The minimum absolute atomic E-state index is 0.619. The fraction of sp³-hybridized carbons (Fsp3) is 0.111. The lowest BCUT2D eigenvalue weighted by molar-refractivity contribution is -0.108. The second kappa shape index (κ2) is 4.92. The summed E-state index contributed by atoms with van der Waals surface area (Å²) in [6.07, 6.45) is 5.62. The molecule has 0 radical (unpaired) electrons. The zero-order chi connectivity index (χ0) is 9.52. The summed E-state index contributed by atoms with van der Waals surface area (Å²) < 4.78 is 0. The van der Waals surface area contributed by atoms with Crippen molar-refractivity contribution in [1.29, 1.82) is 0 Å². The molecule has 0 aliphatic heterocycles. The van der Waals surface area contributed by atoms with Gasteiger partial charge in [0.15, 0.2) is 0 Å². The van der Waals surface area contributed by atoms with Crippen LogP contribution in [0.3, 0.4) is 0 Å². The molecule has 4 nitrogen and oxygen atoms in total. The zero-order valence-electron chi connectivity index (χ0n) is 7.32. The average molecular weight is 177 g/mol. The molecule has 1 amide bonds. The number of carbonyl (C=O) groups excluding carboxylic acids is 1. The minimum Gasteiger partial charge on any atom is -0.386 e. The Labute approximate surface area is 76.7 Å². The maximum absolute atomic E-state index is 10.1. The van der Waals surface area contributed by atoms with Gasteiger partial charge in [-0.2, -0.15) is 0 Å². The van der Waals surface area contributed by atoms with Gasteiger partial charge < -0.3 is 10.6 Å². The Bertz CT molecular complexity index is 295. The van der Waals surface area contributed by atoms with Gasteiger partial charge in [0, 0.05) is 31.2 Å². The van der Waals surface area contributed by atoms with Crippen LogP contribution in [0.4, 0.5) is 0 Å². The number of pyridine rings is 1. The fourth-order valence-corrected chi connectivity index (χ4v) is 0.939. The lowest BCUT2D eigenvalue weighted by Gasteiger charge is -2.04. The summed E-state index contributed by atoms with van der Waals surface area (Å²) in [5, 5.41) is 5.42. The summed E-state index contributed by atoms with van der Waals surface area (Å²) in [7, 11) is 1.78. The van der Waals surface area contributed by atoms with E-state index in [9.17, 15) is 4.79 Å². The Morgan fingerprint density at radius 3 is 3.00 bits per heavy atom. The molecular weight excluding hydrogens is 166 g/mol. The van der Waals surface area contributed by atoms with E-state index >= 15 is 0 Å². The van der Waals surface area contributed by atoms with Gasteiger partial charge >= 0.3 is 0 Å². The number of hydrogen-bond donors (Lipinski definition) is 2. The summed E-state index contributed by atoms with van der Waals surface area (Å²) in [6.45, 7) is 0. The Hall–Kier alpha value is -1.84. The molecule has 0 fully saturated rings. The molecule has 1 aromatic heterocycles. The lowest BCUT2D eigenvalue weighted by atomic mass is 10.2. The Morgan fingerprint density at radius 2 is 2.46 bits per heavy atom. The van der Waals surface area contributed by atoms with Crippen LogP contribution in [-0.2, 0) is 4.79 Å². The third-order valence-corrected chi connectivity index (χ3v) is 1.54. The van der Waals surface area contributed by atoms with E-state index in [4.69, 9.17) is 0 Å². The van der Waals surface area contributed by atoms with E-state index in [1.807, 2.05) is 12.1 Å². The molecule has 68 valence electrons. The van der Waals surface area contributed by atoms with Crippen LogP contribution >= 0.6 is 0 Å². The van der Waals surface area contributed by atoms with E-state index < -0.39 is 0 Å². The molecule has 0 saturated heterocycles. The van der Waals surface area contributed by atoms with Gasteiger partial charge in [-0.3, -0.25) is 9.78 Å². The standard InChI is InChI=1S/C9H11N3O/c1-10-9(6-12-7-13)8-3-2-4-11-5-8/h2-7,10H,1H3,(H,12,13)/b9-6-. The third kappa shape index (κ3) is 2.59. The molecule has 1 aromatic rings. The zero-order valence-corrected chi connectivity index (χ0v) is 7.32. The van der Waals surface area contributed by atoms with Crippen molar-refractivity contribution in [3.8, 4) is 0 Å². The van der Waals surface area contributed by atoms with Crippen molar-refractivity contribution in [2.45, 2.75) is 0 Å². The monoisotopic (exact) mass is 177 g/mol. The first-order chi connectivity index (χ1) is 6.38. The first kappa shape index (κ1) is 9.25. The molecule has 2 N–H and O–H groups in total. The first-order valence-electron chi connectivity index (χ1n) is 3.86. The van der Waals surface area contributed by atoms with E-state index in [0.717, 1.165) is 11.3 Å². The molecule has 0 spiro atoms. The van der Waals surface area contributed by atoms with Gasteiger partial charge in [-0.15, -0.1) is 0 Å². The number of aromatic nitrogens is 1. The SMILES string of the molecule is CN/C(=C\NC=O)c1cccnc1. The summed E-state index contributed by atoms with van der Waals surface area (Å²) in [4.78, 5) is 14.0. The van der Waals surface area contributed by atoms with Gasteiger partial charge in [0.25, 0.3) is 0 Å². The summed E-state index contributed by atoms with van der Waals surface area (Å²) in [5.74, 6) is 0. The lowest BCUT2D eigenvalue weighted by Crippen LogP contribution is -2.10. The summed E-state index contributed by atoms with van der Waals surface area (Å²) in [5.41, 5.74) is 1.75. The third-order valence-electron chi connectivity index (χ3n) is 1.54. The Balaban J connectivity index is 2.84. The molecule has 0 saturated carbocycles. The number of hydrogen-bond acceptors (Lipinski definition) is 3. The van der Waals surface area contributed by atoms with Gasteiger partial charge in [-0.05, 0) is 12.1 Å². The van der Waals surface area contributed by atoms with Crippen molar-refractivity contribution in [3.05, 3.63) is 36.3 Å². The van der Waals surface area contributed by atoms with Crippen LogP contribution < -0.4 is 10.6 Å². The van der Waals surface area contributed by atoms with Crippen molar-refractivity contribution in [1.82, 2.24) is 15.6 Å². The van der Waals surface area contributed by atoms with E-state index in [0.29, 0.717) is 6.41 Å². The molecule has 1 rings (SSSR count). The van der Waals surface area contributed by atoms with Crippen LogP contribution in [-0.4, -0.2) is 18.4 Å². The summed E-state index contributed by atoms with van der Waals surface area (Å²) in [6, 6.07) is 3.74. The van der Waals surface area contributed by atoms with Crippen molar-refractivity contribution in [2.24, 2.45) is 0 Å². The number of nitrogens with zero attached hydrogens (tertiary/aromatic N) is 1. The van der Waals surface area contributed by atoms with Crippen LogP contribution in [0, 0.1) is 0 Å². The minimum atomic E-state index is 0.619. The highest BCUT2D eigenvalue weighted by Crippen LogP contribution is 2.06. The largest absolute Gasteiger partial charge is 0.386 e. The highest BCUT2D eigenvalue weighted by Gasteiger charge is 1.96. The average Bonchev–Trinajstić information content (AvgIpc) is 2.21. The van der Waals surface area contributed by atoms with Gasteiger partial charge in [0.2, 0.25) is 6.41 Å². The molecule has 0 unspecified atom stereocenters. The molecule has 13 heavy (non-hydrogen) atoms. The predicted octanol–water partition coefficient (Wildman–Crippen LogP) is 0.345. The van der Waals surface area contributed by atoms with E-state index in [2.05, 4.69) is 15.6 Å². The van der Waals surface area contributed by atoms with Crippen LogP contribution in [0.1, 0.15) is 5.56 Å². The molecule has 0 aliphatic carbocycles. The maximum Gasteiger partial charge on any atom is 0.211 e. The quantitative estimate of drug-likeness (QED) is 0.652. The van der Waals surface area contributed by atoms with Crippen LogP contribution in [0.2, 0.25) is 0 Å². The number of amides is 1. The van der Waals surface area contributed by atoms with Crippen LogP contribution in [0.25, 0.3) is 5.70 Å². The number of nitrogens with one attached hydrogen (secondary N) is 2. The second-order valence-electron chi connectivity index (χ2n) is 2.33. The second-order valence-corrected chi connectivity index (χ2v) is 2.33. The molecule has 0 aliphatic rings. The topological polar surface area (TPSA) is 54.0 Å². The highest BCUT2D eigenvalue weighted by molar-refractivity contribution is 5.65. The Kier molecular flexibility index (Phi) is 3.50. The van der Waals surface area contributed by atoms with Gasteiger partial charge in [0.1, 0.15) is 0 Å². The van der Waals surface area contributed by atoms with E-state index in [1.165, 1.54) is 0 Å². The molecule has 0 aromatic carbocycles. The Morgan fingerprint density at radius 1 is 1.62 bits per heavy atom. The van der Waals surface area contributed by atoms with Crippen molar-refractivity contribution >= 4 is 12.1 Å². The molecule has 4 heteroatoms. The van der Waals surface area contributed by atoms with E-state index in [1.54, 1.807) is 25.6 Å². The number of carbonyl (C=O) groups is 1.